The average Bonchev–Trinajstić information content (AvgIpc) is 2.46. The van der Waals surface area contributed by atoms with Gasteiger partial charge in [-0.3, -0.25) is 0 Å². The van der Waals surface area contributed by atoms with E-state index in [1.807, 2.05) is 47.0 Å². The van der Waals surface area contributed by atoms with Crippen LogP contribution in [0.15, 0.2) is 21.6 Å². The van der Waals surface area contributed by atoms with Gasteiger partial charge in [0.25, 0.3) is 0 Å². The Hall–Kier alpha value is 0.880. The monoisotopic (exact) mass is 348 g/mol. The zero-order chi connectivity index (χ0) is 14.1. The summed E-state index contributed by atoms with van der Waals surface area (Å²) in [6, 6.07) is 0. The Labute approximate surface area is 142 Å². The van der Waals surface area contributed by atoms with Crippen LogP contribution in [0.3, 0.4) is 0 Å². The van der Waals surface area contributed by atoms with E-state index in [0.29, 0.717) is 0 Å². The summed E-state index contributed by atoms with van der Waals surface area (Å²) in [6.45, 7) is 0. The molecule has 0 aromatic heterocycles. The van der Waals surface area contributed by atoms with Crippen molar-refractivity contribution in [3.8, 4) is 0 Å². The van der Waals surface area contributed by atoms with Gasteiger partial charge in [-0.1, -0.05) is 25.7 Å². The highest BCUT2D eigenvalue weighted by Gasteiger charge is 1.93. The third kappa shape index (κ3) is 13.8. The summed E-state index contributed by atoms with van der Waals surface area (Å²) in [5, 5.41) is 9.17. The highest BCUT2D eigenvalue weighted by Crippen LogP contribution is 2.17. The van der Waals surface area contributed by atoms with Crippen LogP contribution in [0.5, 0.6) is 0 Å². The Morgan fingerprint density at radius 2 is 0.600 bits per heavy atom. The van der Waals surface area contributed by atoms with Gasteiger partial charge >= 0.3 is 0 Å². The predicted octanol–water partition coefficient (Wildman–Crippen LogP) is 7.00. The second-order valence-corrected chi connectivity index (χ2v) is 8.91. The number of rotatable bonds is 0. The summed E-state index contributed by atoms with van der Waals surface area (Å²) in [5.74, 6) is 5.17. The zero-order valence-electron chi connectivity index (χ0n) is 12.4. The summed E-state index contributed by atoms with van der Waals surface area (Å²) in [5.41, 5.74) is 0. The zero-order valence-corrected chi connectivity index (χ0v) is 15.7. The van der Waals surface area contributed by atoms with Gasteiger partial charge in [0.05, 0.1) is 0 Å². The molecule has 20 heavy (non-hydrogen) atoms. The Bertz CT molecular complexity index is 201. The van der Waals surface area contributed by atoms with E-state index >= 15 is 0 Å². The molecule has 0 radical (unpaired) electrons. The van der Waals surface area contributed by atoms with Gasteiger partial charge in [0, 0.05) is 0 Å². The average molecular weight is 349 g/mol. The van der Waals surface area contributed by atoms with Gasteiger partial charge in [0.2, 0.25) is 0 Å². The molecule has 0 nitrogen and oxygen atoms in total. The van der Waals surface area contributed by atoms with E-state index in [1.165, 1.54) is 74.4 Å². The van der Waals surface area contributed by atoms with Crippen molar-refractivity contribution in [1.82, 2.24) is 0 Å². The van der Waals surface area contributed by atoms with Gasteiger partial charge < -0.3 is 0 Å². The minimum Gasteiger partial charge on any atom is -0.134 e. The van der Waals surface area contributed by atoms with Crippen LogP contribution >= 0.6 is 47.0 Å². The second kappa shape index (κ2) is 16.3. The molecule has 1 heterocycles. The number of hydrogen-bond acceptors (Lipinski definition) is 4. The first-order valence-corrected chi connectivity index (χ1v) is 12.0. The van der Waals surface area contributed by atoms with Crippen LogP contribution in [0.4, 0.5) is 0 Å². The lowest BCUT2D eigenvalue weighted by atomic mass is 10.2. The molecule has 0 atom stereocenters. The van der Waals surface area contributed by atoms with Gasteiger partial charge in [0.15, 0.2) is 0 Å². The third-order valence-electron chi connectivity index (χ3n) is 3.04. The molecule has 1 aliphatic heterocycles. The molecule has 0 bridgehead atoms. The van der Waals surface area contributed by atoms with Crippen LogP contribution in [0.2, 0.25) is 0 Å². The van der Waals surface area contributed by atoms with Crippen LogP contribution in [0, 0.1) is 0 Å². The molecule has 0 unspecified atom stereocenters. The van der Waals surface area contributed by atoms with Crippen molar-refractivity contribution in [3.05, 3.63) is 21.6 Å². The molecule has 0 aromatic carbocycles. The molecule has 0 aromatic rings. The van der Waals surface area contributed by atoms with Crippen molar-refractivity contribution < 1.29 is 0 Å². The van der Waals surface area contributed by atoms with E-state index in [0.717, 1.165) is 0 Å². The Kier molecular flexibility index (Phi) is 15.4. The molecule has 0 spiro atoms. The summed E-state index contributed by atoms with van der Waals surface area (Å²) >= 11 is 7.93. The first-order valence-electron chi connectivity index (χ1n) is 7.76. The molecule has 1 rings (SSSR count). The highest BCUT2D eigenvalue weighted by molar-refractivity contribution is 8.05. The summed E-state index contributed by atoms with van der Waals surface area (Å²) in [4.78, 5) is 0. The van der Waals surface area contributed by atoms with Crippen molar-refractivity contribution >= 4 is 47.0 Å². The van der Waals surface area contributed by atoms with E-state index in [9.17, 15) is 0 Å². The quantitative estimate of drug-likeness (QED) is 0.462. The predicted molar refractivity (Wildman–Crippen MR) is 105 cm³/mol. The lowest BCUT2D eigenvalue weighted by molar-refractivity contribution is 0.712. The summed E-state index contributed by atoms with van der Waals surface area (Å²) in [6.07, 6.45) is 11.1. The lowest BCUT2D eigenvalue weighted by Gasteiger charge is -2.01. The largest absolute Gasteiger partial charge is 0.134 e. The third-order valence-corrected chi connectivity index (χ3v) is 6.80. The van der Waals surface area contributed by atoms with Crippen LogP contribution in [0.1, 0.15) is 51.4 Å². The van der Waals surface area contributed by atoms with Crippen molar-refractivity contribution in [3.63, 3.8) is 0 Å². The molecule has 0 saturated carbocycles. The minimum atomic E-state index is 1.29. The molecule has 0 N–H and O–H groups in total. The van der Waals surface area contributed by atoms with E-state index < -0.39 is 0 Å². The fourth-order valence-electron chi connectivity index (χ4n) is 1.88. The number of thioether (sulfide) groups is 4. The van der Waals surface area contributed by atoms with Crippen molar-refractivity contribution in [2.24, 2.45) is 0 Å². The van der Waals surface area contributed by atoms with Crippen LogP contribution in [-0.4, -0.2) is 23.0 Å². The first kappa shape index (κ1) is 18.9. The fraction of sp³-hybridized carbons (Fsp3) is 0.750. The van der Waals surface area contributed by atoms with E-state index in [4.69, 9.17) is 0 Å². The Morgan fingerprint density at radius 3 is 0.850 bits per heavy atom. The van der Waals surface area contributed by atoms with Crippen molar-refractivity contribution in [2.75, 3.05) is 23.0 Å². The molecule has 4 heteroatoms. The van der Waals surface area contributed by atoms with Gasteiger partial charge in [-0.25, -0.2) is 0 Å². The lowest BCUT2D eigenvalue weighted by Crippen LogP contribution is -1.83. The van der Waals surface area contributed by atoms with Crippen molar-refractivity contribution in [2.45, 2.75) is 51.4 Å². The molecular formula is C16H28S4. The van der Waals surface area contributed by atoms with Gasteiger partial charge in [-0.2, -0.15) is 0 Å². The minimum absolute atomic E-state index is 1.29. The first-order chi connectivity index (χ1) is 10.0. The smallest absolute Gasteiger partial charge is 0.00258 e. The number of hydrogen-bond donors (Lipinski definition) is 0. The standard InChI is InChI=1S/C16H28S4/c1-2-6-10-18-15-16-20-12-8-4-3-7-11-19-14-13-17-9-5-1/h13-16H,1-12H2/b14-13-,16-15-. The van der Waals surface area contributed by atoms with Gasteiger partial charge in [-0.05, 0) is 70.3 Å². The van der Waals surface area contributed by atoms with Gasteiger partial charge in [-0.15, -0.1) is 47.0 Å². The molecule has 0 amide bonds. The Morgan fingerprint density at radius 1 is 0.350 bits per heavy atom. The summed E-state index contributed by atoms with van der Waals surface area (Å²) < 4.78 is 0. The van der Waals surface area contributed by atoms with Gasteiger partial charge in [0.1, 0.15) is 0 Å². The fourth-order valence-corrected chi connectivity index (χ4v) is 5.16. The normalized spacial score (nSPS) is 25.6. The summed E-state index contributed by atoms with van der Waals surface area (Å²) in [7, 11) is 0. The molecule has 0 saturated heterocycles. The van der Waals surface area contributed by atoms with Crippen LogP contribution < -0.4 is 0 Å². The molecule has 0 fully saturated rings. The molecular weight excluding hydrogens is 320 g/mol. The SMILES string of the molecule is C1=C\SCCCCCCS/C=C\SCCCCCCS/1. The molecule has 116 valence electrons. The van der Waals surface area contributed by atoms with Crippen molar-refractivity contribution in [1.29, 1.82) is 0 Å². The molecule has 0 aliphatic carbocycles. The van der Waals surface area contributed by atoms with Crippen LogP contribution in [-0.2, 0) is 0 Å². The maximum atomic E-state index is 2.29. The van der Waals surface area contributed by atoms with E-state index in [-0.39, 0.29) is 0 Å². The molecule has 1 aliphatic rings. The highest BCUT2D eigenvalue weighted by atomic mass is 32.2. The van der Waals surface area contributed by atoms with E-state index in [2.05, 4.69) is 21.6 Å². The van der Waals surface area contributed by atoms with Crippen LogP contribution in [0.25, 0.3) is 0 Å². The Balaban J connectivity index is 2.11. The van der Waals surface area contributed by atoms with E-state index in [1.54, 1.807) is 0 Å². The maximum Gasteiger partial charge on any atom is -0.00258 e. The second-order valence-electron chi connectivity index (χ2n) is 4.86. The topological polar surface area (TPSA) is 0 Å². The maximum absolute atomic E-state index is 2.29.